The first-order chi connectivity index (χ1) is 19.3. The molecule has 0 unspecified atom stereocenters. The highest BCUT2D eigenvalue weighted by atomic mass is 35.5. The number of carbonyl (C=O) groups is 2. The van der Waals surface area contributed by atoms with Crippen molar-refractivity contribution < 1.29 is 19.1 Å². The van der Waals surface area contributed by atoms with Gasteiger partial charge in [-0.3, -0.25) is 9.69 Å². The molecule has 1 atom stereocenters. The second-order valence-corrected chi connectivity index (χ2v) is 11.6. The number of urea groups is 1. The molecule has 0 N–H and O–H groups in total. The van der Waals surface area contributed by atoms with Crippen molar-refractivity contribution in [3.63, 3.8) is 0 Å². The zero-order valence-corrected chi connectivity index (χ0v) is 24.6. The van der Waals surface area contributed by atoms with E-state index in [1.54, 1.807) is 32.3 Å². The molecule has 9 heteroatoms. The third-order valence-corrected chi connectivity index (χ3v) is 8.33. The van der Waals surface area contributed by atoms with Crippen LogP contribution >= 0.6 is 11.6 Å². The molecule has 2 fully saturated rings. The molecule has 0 radical (unpaired) electrons. The highest BCUT2D eigenvalue weighted by molar-refractivity contribution is 6.36. The molecule has 0 spiro atoms. The number of hydrogen-bond acceptors (Lipinski definition) is 4. The quantitative estimate of drug-likeness (QED) is 0.260. The van der Waals surface area contributed by atoms with E-state index in [1.807, 2.05) is 50.8 Å². The molecular formula is C31H39ClN4O4. The van der Waals surface area contributed by atoms with E-state index in [0.29, 0.717) is 36.2 Å². The van der Waals surface area contributed by atoms with Crippen LogP contribution in [-0.2, 0) is 17.9 Å². The zero-order valence-electron chi connectivity index (χ0n) is 23.9. The van der Waals surface area contributed by atoms with Crippen LogP contribution in [0.4, 0.5) is 10.5 Å². The standard InChI is InChI=1S/C31H39ClN4O4/c1-21-14-15-35(24-12-13-27(39-4)28(17-24)40-16-6-7-22-10-11-22)31(38)36(21)18-23-8-5-9-26-30(23)25(32)19-34(26)20-29(37)33(2)3/h5,8-9,12-13,17,19,21-22H,6-7,10-11,14-16,18,20H2,1-4H3/t21-/m0/s1. The Balaban J connectivity index is 1.36. The predicted molar refractivity (Wildman–Crippen MR) is 158 cm³/mol. The fourth-order valence-corrected chi connectivity index (χ4v) is 5.72. The number of anilines is 1. The zero-order chi connectivity index (χ0) is 28.4. The Morgan fingerprint density at radius 1 is 1.12 bits per heavy atom. The molecule has 2 aromatic carbocycles. The summed E-state index contributed by atoms with van der Waals surface area (Å²) in [5.74, 6) is 2.19. The van der Waals surface area contributed by atoms with Crippen molar-refractivity contribution in [3.8, 4) is 11.5 Å². The van der Waals surface area contributed by atoms with E-state index in [-0.39, 0.29) is 24.5 Å². The van der Waals surface area contributed by atoms with Crippen molar-refractivity contribution in [3.05, 3.63) is 53.2 Å². The van der Waals surface area contributed by atoms with Crippen LogP contribution in [0.2, 0.25) is 5.02 Å². The van der Waals surface area contributed by atoms with Gasteiger partial charge in [-0.25, -0.2) is 4.79 Å². The van der Waals surface area contributed by atoms with E-state index in [2.05, 4.69) is 6.92 Å². The first-order valence-corrected chi connectivity index (χ1v) is 14.5. The van der Waals surface area contributed by atoms with Gasteiger partial charge in [0.05, 0.1) is 24.3 Å². The first-order valence-electron chi connectivity index (χ1n) is 14.1. The van der Waals surface area contributed by atoms with E-state index in [4.69, 9.17) is 21.1 Å². The second-order valence-electron chi connectivity index (χ2n) is 11.2. The van der Waals surface area contributed by atoms with Gasteiger partial charge < -0.3 is 23.8 Å². The molecule has 5 rings (SSSR count). The molecule has 1 aromatic heterocycles. The summed E-state index contributed by atoms with van der Waals surface area (Å²) < 4.78 is 13.5. The van der Waals surface area contributed by atoms with E-state index >= 15 is 0 Å². The number of methoxy groups -OCH3 is 1. The molecule has 3 amide bonds. The molecule has 40 heavy (non-hydrogen) atoms. The van der Waals surface area contributed by atoms with E-state index in [9.17, 15) is 9.59 Å². The Morgan fingerprint density at radius 2 is 1.93 bits per heavy atom. The average Bonchev–Trinajstić information content (AvgIpc) is 3.71. The lowest BCUT2D eigenvalue weighted by atomic mass is 10.1. The van der Waals surface area contributed by atoms with E-state index in [1.165, 1.54) is 19.3 Å². The summed E-state index contributed by atoms with van der Waals surface area (Å²) in [5, 5.41) is 1.45. The highest BCUT2D eigenvalue weighted by Crippen LogP contribution is 2.37. The molecule has 1 aliphatic carbocycles. The lowest BCUT2D eigenvalue weighted by Crippen LogP contribution is -2.53. The summed E-state index contributed by atoms with van der Waals surface area (Å²) in [6.45, 7) is 3.96. The minimum Gasteiger partial charge on any atom is -0.493 e. The summed E-state index contributed by atoms with van der Waals surface area (Å²) >= 11 is 6.69. The Morgan fingerprint density at radius 3 is 2.65 bits per heavy atom. The largest absolute Gasteiger partial charge is 0.493 e. The Hall–Kier alpha value is -3.39. The van der Waals surface area contributed by atoms with Crippen LogP contribution < -0.4 is 14.4 Å². The Kier molecular flexibility index (Phi) is 8.45. The van der Waals surface area contributed by atoms with Crippen LogP contribution in [0.25, 0.3) is 10.9 Å². The number of amides is 3. The minimum atomic E-state index is -0.0565. The second kappa shape index (κ2) is 12.0. The Labute approximate surface area is 241 Å². The molecular weight excluding hydrogens is 528 g/mol. The third-order valence-electron chi connectivity index (χ3n) is 8.04. The van der Waals surface area contributed by atoms with Crippen molar-refractivity contribution in [2.75, 3.05) is 39.3 Å². The number of halogens is 1. The van der Waals surface area contributed by atoms with Gasteiger partial charge in [0.1, 0.15) is 6.54 Å². The van der Waals surface area contributed by atoms with Crippen LogP contribution in [0.15, 0.2) is 42.6 Å². The molecule has 214 valence electrons. The normalized spacial score (nSPS) is 17.4. The molecule has 1 saturated carbocycles. The lowest BCUT2D eigenvalue weighted by molar-refractivity contribution is -0.129. The van der Waals surface area contributed by atoms with Gasteiger partial charge in [-0.1, -0.05) is 36.6 Å². The number of rotatable bonds is 11. The predicted octanol–water partition coefficient (Wildman–Crippen LogP) is 6.18. The number of nitrogens with zero attached hydrogens (tertiary/aromatic N) is 4. The van der Waals surface area contributed by atoms with E-state index in [0.717, 1.165) is 40.9 Å². The first kappa shape index (κ1) is 28.1. The number of ether oxygens (including phenoxy) is 2. The summed E-state index contributed by atoms with van der Waals surface area (Å²) in [6, 6.07) is 11.6. The number of carbonyl (C=O) groups excluding carboxylic acids is 2. The van der Waals surface area contributed by atoms with Gasteiger partial charge >= 0.3 is 6.03 Å². The van der Waals surface area contributed by atoms with Crippen LogP contribution in [0.3, 0.4) is 0 Å². The van der Waals surface area contributed by atoms with Crippen LogP contribution in [0, 0.1) is 5.92 Å². The highest BCUT2D eigenvalue weighted by Gasteiger charge is 2.33. The Bertz CT molecular complexity index is 1380. The summed E-state index contributed by atoms with van der Waals surface area (Å²) in [4.78, 5) is 31.5. The third kappa shape index (κ3) is 6.02. The maximum Gasteiger partial charge on any atom is 0.325 e. The van der Waals surface area contributed by atoms with Crippen molar-refractivity contribution in [1.82, 2.24) is 14.4 Å². The number of aromatic nitrogens is 1. The number of likely N-dealkylation sites (N-methyl/N-ethyl adjacent to an activating group) is 1. The van der Waals surface area contributed by atoms with Gasteiger partial charge in [-0.05, 0) is 55.9 Å². The SMILES string of the molecule is COc1ccc(N2CC[C@H](C)N(Cc3cccc4c3c(Cl)cn4CC(=O)N(C)C)C2=O)cc1OCCCC1CC1. The smallest absolute Gasteiger partial charge is 0.325 e. The maximum atomic E-state index is 13.9. The summed E-state index contributed by atoms with van der Waals surface area (Å²) in [6.07, 6.45) is 7.53. The minimum absolute atomic E-state index is 0.0137. The molecule has 0 bridgehead atoms. The van der Waals surface area contributed by atoms with Gasteiger partial charge in [0, 0.05) is 56.6 Å². The van der Waals surface area contributed by atoms with Gasteiger partial charge in [0.25, 0.3) is 0 Å². The molecule has 2 heterocycles. The number of hydrogen-bond donors (Lipinski definition) is 0. The lowest BCUT2D eigenvalue weighted by Gasteiger charge is -2.40. The molecule has 1 aliphatic heterocycles. The number of fused-ring (bicyclic) bond motifs is 1. The molecule has 1 saturated heterocycles. The maximum absolute atomic E-state index is 13.9. The average molecular weight is 567 g/mol. The monoisotopic (exact) mass is 566 g/mol. The van der Waals surface area contributed by atoms with Gasteiger partial charge in [-0.15, -0.1) is 0 Å². The van der Waals surface area contributed by atoms with Crippen molar-refractivity contribution in [2.24, 2.45) is 5.92 Å². The molecule has 3 aromatic rings. The fraction of sp³-hybridized carbons (Fsp3) is 0.484. The van der Waals surface area contributed by atoms with Crippen molar-refractivity contribution in [1.29, 1.82) is 0 Å². The van der Waals surface area contributed by atoms with Gasteiger partial charge in [-0.2, -0.15) is 0 Å². The number of benzene rings is 2. The van der Waals surface area contributed by atoms with Crippen molar-refractivity contribution >= 4 is 40.1 Å². The molecule has 8 nitrogen and oxygen atoms in total. The van der Waals surface area contributed by atoms with Crippen LogP contribution in [0.5, 0.6) is 11.5 Å². The fourth-order valence-electron chi connectivity index (χ4n) is 5.39. The van der Waals surface area contributed by atoms with Crippen molar-refractivity contribution in [2.45, 2.75) is 58.2 Å². The van der Waals surface area contributed by atoms with E-state index < -0.39 is 0 Å². The van der Waals surface area contributed by atoms with Crippen LogP contribution in [-0.4, -0.2) is 66.7 Å². The summed E-state index contributed by atoms with van der Waals surface area (Å²) in [5.41, 5.74) is 2.63. The summed E-state index contributed by atoms with van der Waals surface area (Å²) in [7, 11) is 5.11. The topological polar surface area (TPSA) is 67.2 Å². The van der Waals surface area contributed by atoms with Gasteiger partial charge in [0.15, 0.2) is 11.5 Å². The van der Waals surface area contributed by atoms with Gasteiger partial charge in [0.2, 0.25) is 5.91 Å². The van der Waals surface area contributed by atoms with Crippen LogP contribution in [0.1, 0.15) is 44.6 Å². The molecule has 2 aliphatic rings.